The summed E-state index contributed by atoms with van der Waals surface area (Å²) in [5.74, 6) is 1.80. The normalized spacial score (nSPS) is 11.6. The molecule has 152 valence electrons. The fourth-order valence-electron chi connectivity index (χ4n) is 3.39. The average Bonchev–Trinajstić information content (AvgIpc) is 2.96. The van der Waals surface area contributed by atoms with Crippen molar-refractivity contribution in [1.29, 1.82) is 0 Å². The molecule has 0 aliphatic rings. The van der Waals surface area contributed by atoms with Gasteiger partial charge in [0.25, 0.3) is 0 Å². The number of anilines is 1. The number of nitrogens with one attached hydrogen (secondary N) is 1. The van der Waals surface area contributed by atoms with Crippen LogP contribution in [-0.2, 0) is 4.79 Å². The number of carbonyl (C=O) groups excluding carboxylic acids is 1. The van der Waals surface area contributed by atoms with E-state index in [-0.39, 0.29) is 5.91 Å². The lowest BCUT2D eigenvalue weighted by atomic mass is 9.98. The largest absolute Gasteiger partial charge is 0.496 e. The first-order chi connectivity index (χ1) is 13.8. The number of carbonyl (C=O) groups is 1. The summed E-state index contributed by atoms with van der Waals surface area (Å²) < 4.78 is 16.8. The van der Waals surface area contributed by atoms with Gasteiger partial charge in [-0.25, -0.2) is 0 Å². The lowest BCUT2D eigenvalue weighted by Crippen LogP contribution is -2.10. The molecule has 0 radical (unpaired) electrons. The first-order valence-electron chi connectivity index (χ1n) is 9.17. The molecule has 1 N–H and O–H groups in total. The Morgan fingerprint density at radius 1 is 1.10 bits per heavy atom. The SMILES string of the molecule is COc1ccc(Cl)cc1NC(=O)/C=C(\C)c1cc2c(C)c(C)oc2c(C)c1OC. The highest BCUT2D eigenvalue weighted by Gasteiger charge is 2.18. The number of fused-ring (bicyclic) bond motifs is 1. The molecule has 0 atom stereocenters. The van der Waals surface area contributed by atoms with Crippen molar-refractivity contribution in [2.75, 3.05) is 19.5 Å². The molecule has 0 aliphatic heterocycles. The third-order valence-corrected chi connectivity index (χ3v) is 5.28. The van der Waals surface area contributed by atoms with Crippen molar-refractivity contribution < 1.29 is 18.7 Å². The Morgan fingerprint density at radius 2 is 1.83 bits per heavy atom. The number of benzene rings is 2. The molecule has 2 aromatic carbocycles. The Labute approximate surface area is 175 Å². The van der Waals surface area contributed by atoms with Crippen LogP contribution in [0.1, 0.15) is 29.4 Å². The third kappa shape index (κ3) is 3.96. The Bertz CT molecular complexity index is 1130. The second-order valence-electron chi connectivity index (χ2n) is 6.90. The molecule has 1 heterocycles. The van der Waals surface area contributed by atoms with E-state index in [1.54, 1.807) is 25.3 Å². The topological polar surface area (TPSA) is 60.7 Å². The first kappa shape index (κ1) is 20.8. The summed E-state index contributed by atoms with van der Waals surface area (Å²) >= 11 is 6.04. The second-order valence-corrected chi connectivity index (χ2v) is 7.34. The Balaban J connectivity index is 2.01. The van der Waals surface area contributed by atoms with Crippen LogP contribution in [0.5, 0.6) is 11.5 Å². The van der Waals surface area contributed by atoms with Gasteiger partial charge >= 0.3 is 0 Å². The standard InChI is InChI=1S/C23H24ClNO4/c1-12(9-21(26)25-19-10-16(24)7-8-20(19)27-5)17-11-18-13(2)15(4)29-23(18)14(3)22(17)28-6/h7-11H,1-6H3,(H,25,26)/b12-9+. The van der Waals surface area contributed by atoms with Crippen molar-refractivity contribution in [3.8, 4) is 11.5 Å². The number of amides is 1. The number of rotatable bonds is 5. The Hall–Kier alpha value is -2.92. The van der Waals surface area contributed by atoms with E-state index >= 15 is 0 Å². The maximum absolute atomic E-state index is 12.6. The summed E-state index contributed by atoms with van der Waals surface area (Å²) in [4.78, 5) is 12.6. The maximum atomic E-state index is 12.6. The molecule has 1 amide bonds. The van der Waals surface area contributed by atoms with Crippen LogP contribution in [0, 0.1) is 20.8 Å². The third-order valence-electron chi connectivity index (χ3n) is 5.04. The van der Waals surface area contributed by atoms with E-state index in [9.17, 15) is 4.79 Å². The number of hydrogen-bond acceptors (Lipinski definition) is 4. The van der Waals surface area contributed by atoms with Gasteiger partial charge in [-0.1, -0.05) is 11.6 Å². The molecule has 0 aliphatic carbocycles. The highest BCUT2D eigenvalue weighted by Crippen LogP contribution is 2.38. The van der Waals surface area contributed by atoms with Crippen LogP contribution < -0.4 is 14.8 Å². The zero-order valence-corrected chi connectivity index (χ0v) is 18.2. The summed E-state index contributed by atoms with van der Waals surface area (Å²) in [6, 6.07) is 7.07. The van der Waals surface area contributed by atoms with E-state index < -0.39 is 0 Å². The molecule has 5 nitrogen and oxygen atoms in total. The molecular formula is C23H24ClNO4. The van der Waals surface area contributed by atoms with Crippen molar-refractivity contribution in [1.82, 2.24) is 0 Å². The number of ether oxygens (including phenoxy) is 2. The monoisotopic (exact) mass is 413 g/mol. The van der Waals surface area contributed by atoms with Crippen molar-refractivity contribution in [2.24, 2.45) is 0 Å². The van der Waals surface area contributed by atoms with Gasteiger partial charge in [-0.15, -0.1) is 0 Å². The van der Waals surface area contributed by atoms with E-state index in [0.29, 0.717) is 22.2 Å². The Kier molecular flexibility index (Phi) is 5.89. The van der Waals surface area contributed by atoms with Gasteiger partial charge in [-0.3, -0.25) is 4.79 Å². The molecule has 0 fully saturated rings. The van der Waals surface area contributed by atoms with Crippen molar-refractivity contribution >= 4 is 39.7 Å². The fourth-order valence-corrected chi connectivity index (χ4v) is 3.56. The summed E-state index contributed by atoms with van der Waals surface area (Å²) in [7, 11) is 3.16. The molecule has 0 unspecified atom stereocenters. The van der Waals surface area contributed by atoms with Crippen molar-refractivity contribution in [3.05, 3.63) is 57.8 Å². The van der Waals surface area contributed by atoms with Crippen LogP contribution >= 0.6 is 11.6 Å². The number of allylic oxidation sites excluding steroid dienone is 1. The number of hydrogen-bond donors (Lipinski definition) is 1. The van der Waals surface area contributed by atoms with Gasteiger partial charge in [0.05, 0.1) is 19.9 Å². The van der Waals surface area contributed by atoms with Gasteiger partial charge in [0.1, 0.15) is 22.8 Å². The van der Waals surface area contributed by atoms with Gasteiger partial charge < -0.3 is 19.2 Å². The summed E-state index contributed by atoms with van der Waals surface area (Å²) in [6.45, 7) is 7.79. The summed E-state index contributed by atoms with van der Waals surface area (Å²) in [5, 5.41) is 4.35. The van der Waals surface area contributed by atoms with Crippen LogP contribution in [-0.4, -0.2) is 20.1 Å². The van der Waals surface area contributed by atoms with Crippen molar-refractivity contribution in [2.45, 2.75) is 27.7 Å². The Morgan fingerprint density at radius 3 is 2.48 bits per heavy atom. The van der Waals surface area contributed by atoms with Crippen LogP contribution in [0.25, 0.3) is 16.5 Å². The van der Waals surface area contributed by atoms with E-state index in [2.05, 4.69) is 5.32 Å². The summed E-state index contributed by atoms with van der Waals surface area (Å²) in [5.41, 5.74) is 4.91. The first-order valence-corrected chi connectivity index (χ1v) is 9.55. The van der Waals surface area contributed by atoms with Gasteiger partial charge in [-0.05, 0) is 63.1 Å². The zero-order chi connectivity index (χ0) is 21.3. The lowest BCUT2D eigenvalue weighted by Gasteiger charge is -2.13. The van der Waals surface area contributed by atoms with Gasteiger partial charge in [-0.2, -0.15) is 0 Å². The maximum Gasteiger partial charge on any atom is 0.248 e. The van der Waals surface area contributed by atoms with E-state index in [1.807, 2.05) is 33.8 Å². The minimum Gasteiger partial charge on any atom is -0.496 e. The number of methoxy groups -OCH3 is 2. The van der Waals surface area contributed by atoms with Crippen LogP contribution in [0.3, 0.4) is 0 Å². The van der Waals surface area contributed by atoms with Gasteiger partial charge in [0.15, 0.2) is 0 Å². The molecule has 0 saturated heterocycles. The highest BCUT2D eigenvalue weighted by atomic mass is 35.5. The predicted molar refractivity (Wildman–Crippen MR) is 117 cm³/mol. The predicted octanol–water partition coefficient (Wildman–Crippen LogP) is 6.07. The minimum absolute atomic E-state index is 0.289. The molecule has 0 saturated carbocycles. The van der Waals surface area contributed by atoms with Crippen LogP contribution in [0.2, 0.25) is 5.02 Å². The highest BCUT2D eigenvalue weighted by molar-refractivity contribution is 6.31. The fraction of sp³-hybridized carbons (Fsp3) is 0.261. The molecule has 6 heteroatoms. The molecule has 3 aromatic rings. The smallest absolute Gasteiger partial charge is 0.248 e. The van der Waals surface area contributed by atoms with Crippen molar-refractivity contribution in [3.63, 3.8) is 0 Å². The zero-order valence-electron chi connectivity index (χ0n) is 17.4. The van der Waals surface area contributed by atoms with E-state index in [1.165, 1.54) is 13.2 Å². The number of aryl methyl sites for hydroxylation is 3. The molecule has 0 spiro atoms. The van der Waals surface area contributed by atoms with Gasteiger partial charge in [0.2, 0.25) is 5.91 Å². The van der Waals surface area contributed by atoms with Crippen LogP contribution in [0.4, 0.5) is 5.69 Å². The molecular weight excluding hydrogens is 390 g/mol. The lowest BCUT2D eigenvalue weighted by molar-refractivity contribution is -0.111. The minimum atomic E-state index is -0.289. The molecule has 1 aromatic heterocycles. The quantitative estimate of drug-likeness (QED) is 0.515. The van der Waals surface area contributed by atoms with Crippen LogP contribution in [0.15, 0.2) is 34.8 Å². The number of furan rings is 1. The molecule has 0 bridgehead atoms. The van der Waals surface area contributed by atoms with Gasteiger partial charge in [0, 0.05) is 27.6 Å². The number of halogens is 1. The molecule has 3 rings (SSSR count). The second kappa shape index (κ2) is 8.21. The molecule has 29 heavy (non-hydrogen) atoms. The van der Waals surface area contributed by atoms with E-state index in [0.717, 1.165) is 39.0 Å². The average molecular weight is 414 g/mol. The summed E-state index contributed by atoms with van der Waals surface area (Å²) in [6.07, 6.45) is 1.53. The van der Waals surface area contributed by atoms with E-state index in [4.69, 9.17) is 25.5 Å².